The van der Waals surface area contributed by atoms with Gasteiger partial charge in [0, 0.05) is 18.1 Å². The average Bonchev–Trinajstić information content (AvgIpc) is 2.04. The summed E-state index contributed by atoms with van der Waals surface area (Å²) in [6, 6.07) is 5.98. The lowest BCUT2D eigenvalue weighted by atomic mass is 10.2. The largest absolute Gasteiger partial charge is 0.397 e. The van der Waals surface area contributed by atoms with Crippen LogP contribution < -0.4 is 10.6 Å². The van der Waals surface area contributed by atoms with Gasteiger partial charge in [-0.25, -0.2) is 0 Å². The van der Waals surface area contributed by atoms with Crippen molar-refractivity contribution in [3.63, 3.8) is 0 Å². The van der Waals surface area contributed by atoms with Crippen molar-refractivity contribution in [3.8, 4) is 0 Å². The second-order valence-electron chi connectivity index (χ2n) is 3.12. The second kappa shape index (κ2) is 4.51. The summed E-state index contributed by atoms with van der Waals surface area (Å²) in [5.74, 6) is 0. The molecule has 0 spiro atoms. The normalized spacial score (nSPS) is 10.1. The van der Waals surface area contributed by atoms with E-state index < -0.39 is 0 Å². The van der Waals surface area contributed by atoms with Crippen LogP contribution in [0.1, 0.15) is 13.3 Å². The van der Waals surface area contributed by atoms with Gasteiger partial charge in [-0.05, 0) is 24.6 Å². The van der Waals surface area contributed by atoms with Crippen molar-refractivity contribution >= 4 is 27.3 Å². The molecule has 0 aliphatic rings. The van der Waals surface area contributed by atoms with Gasteiger partial charge in [0.25, 0.3) is 0 Å². The number of nitrogens with two attached hydrogens (primary N) is 1. The van der Waals surface area contributed by atoms with E-state index in [1.165, 1.54) is 0 Å². The molecule has 2 nitrogen and oxygen atoms in total. The summed E-state index contributed by atoms with van der Waals surface area (Å²) in [6.07, 6.45) is 1.13. The van der Waals surface area contributed by atoms with Crippen molar-refractivity contribution in [3.05, 3.63) is 22.7 Å². The Bertz CT molecular complexity index is 286. The topological polar surface area (TPSA) is 29.3 Å². The minimum atomic E-state index is 0.824. The monoisotopic (exact) mass is 242 g/mol. The lowest BCUT2D eigenvalue weighted by Gasteiger charge is -2.20. The summed E-state index contributed by atoms with van der Waals surface area (Å²) < 4.78 is 1.03. The first-order chi connectivity index (χ1) is 6.15. The number of anilines is 2. The highest BCUT2D eigenvalue weighted by Crippen LogP contribution is 2.25. The summed E-state index contributed by atoms with van der Waals surface area (Å²) in [5, 5.41) is 0. The maximum absolute atomic E-state index is 5.88. The Balaban J connectivity index is 2.88. The minimum absolute atomic E-state index is 0.824. The van der Waals surface area contributed by atoms with Crippen molar-refractivity contribution in [2.45, 2.75) is 13.3 Å². The van der Waals surface area contributed by atoms with Crippen molar-refractivity contribution < 1.29 is 0 Å². The average molecular weight is 243 g/mol. The third kappa shape index (κ3) is 2.62. The van der Waals surface area contributed by atoms with Crippen LogP contribution in [-0.4, -0.2) is 13.6 Å². The molecule has 72 valence electrons. The zero-order chi connectivity index (χ0) is 9.84. The Morgan fingerprint density at radius 2 is 2.15 bits per heavy atom. The number of hydrogen-bond acceptors (Lipinski definition) is 2. The molecule has 0 atom stereocenters. The fourth-order valence-corrected chi connectivity index (χ4v) is 1.71. The van der Waals surface area contributed by atoms with Gasteiger partial charge in [0.05, 0.1) is 11.4 Å². The number of halogens is 1. The van der Waals surface area contributed by atoms with Crippen molar-refractivity contribution in [2.24, 2.45) is 0 Å². The van der Waals surface area contributed by atoms with Crippen LogP contribution in [0.2, 0.25) is 0 Å². The molecule has 0 bridgehead atoms. The summed E-state index contributed by atoms with van der Waals surface area (Å²) >= 11 is 3.39. The molecule has 0 fully saturated rings. The van der Waals surface area contributed by atoms with E-state index in [0.29, 0.717) is 0 Å². The predicted octanol–water partition coefficient (Wildman–Crippen LogP) is 2.88. The van der Waals surface area contributed by atoms with Crippen LogP contribution in [0.5, 0.6) is 0 Å². The SMILES string of the molecule is CCCN(C)c1ccc(Br)cc1N. The van der Waals surface area contributed by atoms with Crippen LogP contribution in [0.4, 0.5) is 11.4 Å². The van der Waals surface area contributed by atoms with Gasteiger partial charge in [0.2, 0.25) is 0 Å². The zero-order valence-electron chi connectivity index (χ0n) is 8.05. The molecule has 0 saturated carbocycles. The number of nitrogen functional groups attached to an aromatic ring is 1. The third-order valence-corrected chi connectivity index (χ3v) is 2.45. The third-order valence-electron chi connectivity index (χ3n) is 1.96. The molecule has 2 N–H and O–H groups in total. The molecule has 0 amide bonds. The van der Waals surface area contributed by atoms with E-state index in [1.54, 1.807) is 0 Å². The van der Waals surface area contributed by atoms with Crippen LogP contribution in [0.25, 0.3) is 0 Å². The second-order valence-corrected chi connectivity index (χ2v) is 4.04. The molecule has 0 aliphatic heterocycles. The molecule has 1 rings (SSSR count). The first-order valence-electron chi connectivity index (χ1n) is 4.41. The van der Waals surface area contributed by atoms with E-state index in [0.717, 1.165) is 28.8 Å². The van der Waals surface area contributed by atoms with E-state index >= 15 is 0 Å². The van der Waals surface area contributed by atoms with Crippen LogP contribution >= 0.6 is 15.9 Å². The molecular weight excluding hydrogens is 228 g/mol. The maximum Gasteiger partial charge on any atom is 0.0598 e. The van der Waals surface area contributed by atoms with E-state index in [-0.39, 0.29) is 0 Å². The van der Waals surface area contributed by atoms with Gasteiger partial charge in [-0.3, -0.25) is 0 Å². The molecule has 0 aromatic heterocycles. The highest BCUT2D eigenvalue weighted by atomic mass is 79.9. The van der Waals surface area contributed by atoms with E-state index in [4.69, 9.17) is 5.73 Å². The maximum atomic E-state index is 5.88. The fourth-order valence-electron chi connectivity index (χ4n) is 1.33. The minimum Gasteiger partial charge on any atom is -0.397 e. The van der Waals surface area contributed by atoms with Gasteiger partial charge in [-0.1, -0.05) is 22.9 Å². The number of benzene rings is 1. The standard InChI is InChI=1S/C10H15BrN2/c1-3-6-13(2)10-5-4-8(11)7-9(10)12/h4-5,7H,3,6,12H2,1-2H3. The zero-order valence-corrected chi connectivity index (χ0v) is 9.63. The predicted molar refractivity (Wildman–Crippen MR) is 62.1 cm³/mol. The highest BCUT2D eigenvalue weighted by molar-refractivity contribution is 9.10. The summed E-state index contributed by atoms with van der Waals surface area (Å²) in [7, 11) is 2.06. The molecular formula is C10H15BrN2. The fraction of sp³-hybridized carbons (Fsp3) is 0.400. The molecule has 0 radical (unpaired) electrons. The van der Waals surface area contributed by atoms with Crippen molar-refractivity contribution in [2.75, 3.05) is 24.2 Å². The number of rotatable bonds is 3. The molecule has 0 heterocycles. The molecule has 1 aromatic carbocycles. The lowest BCUT2D eigenvalue weighted by Crippen LogP contribution is -2.18. The highest BCUT2D eigenvalue weighted by Gasteiger charge is 2.03. The van der Waals surface area contributed by atoms with E-state index in [9.17, 15) is 0 Å². The molecule has 0 aliphatic carbocycles. The van der Waals surface area contributed by atoms with Crippen LogP contribution in [-0.2, 0) is 0 Å². The van der Waals surface area contributed by atoms with Crippen LogP contribution in [0, 0.1) is 0 Å². The lowest BCUT2D eigenvalue weighted by molar-refractivity contribution is 0.853. The van der Waals surface area contributed by atoms with E-state index in [1.807, 2.05) is 18.2 Å². The molecule has 1 aromatic rings. The molecule has 13 heavy (non-hydrogen) atoms. The van der Waals surface area contributed by atoms with Gasteiger partial charge in [0.1, 0.15) is 0 Å². The Morgan fingerprint density at radius 3 is 2.69 bits per heavy atom. The molecule has 0 unspecified atom stereocenters. The summed E-state index contributed by atoms with van der Waals surface area (Å²) in [5.41, 5.74) is 7.81. The summed E-state index contributed by atoms with van der Waals surface area (Å²) in [4.78, 5) is 2.17. The molecule has 0 saturated heterocycles. The molecule has 3 heteroatoms. The van der Waals surface area contributed by atoms with Gasteiger partial charge < -0.3 is 10.6 Å². The van der Waals surface area contributed by atoms with Crippen LogP contribution in [0.15, 0.2) is 22.7 Å². The quantitative estimate of drug-likeness (QED) is 0.827. The first kappa shape index (κ1) is 10.4. The van der Waals surface area contributed by atoms with E-state index in [2.05, 4.69) is 34.8 Å². The number of hydrogen-bond donors (Lipinski definition) is 1. The van der Waals surface area contributed by atoms with Gasteiger partial charge in [-0.15, -0.1) is 0 Å². The van der Waals surface area contributed by atoms with Crippen molar-refractivity contribution in [1.82, 2.24) is 0 Å². The Hall–Kier alpha value is -0.700. The number of nitrogens with zero attached hydrogens (tertiary/aromatic N) is 1. The van der Waals surface area contributed by atoms with Gasteiger partial charge >= 0.3 is 0 Å². The smallest absolute Gasteiger partial charge is 0.0598 e. The van der Waals surface area contributed by atoms with Gasteiger partial charge in [-0.2, -0.15) is 0 Å². The summed E-state index contributed by atoms with van der Waals surface area (Å²) in [6.45, 7) is 3.19. The Kier molecular flexibility index (Phi) is 3.60. The first-order valence-corrected chi connectivity index (χ1v) is 5.20. The van der Waals surface area contributed by atoms with Crippen molar-refractivity contribution in [1.29, 1.82) is 0 Å². The van der Waals surface area contributed by atoms with Crippen LogP contribution in [0.3, 0.4) is 0 Å². The van der Waals surface area contributed by atoms with Gasteiger partial charge in [0.15, 0.2) is 0 Å². The Labute approximate surface area is 87.9 Å². The Morgan fingerprint density at radius 1 is 1.46 bits per heavy atom.